The summed E-state index contributed by atoms with van der Waals surface area (Å²) in [6, 6.07) is -0.546. The molecule has 0 amide bonds. The highest BCUT2D eigenvalue weighted by molar-refractivity contribution is 5.73. The molecule has 0 saturated heterocycles. The van der Waals surface area contributed by atoms with Gasteiger partial charge in [0.05, 0.1) is 6.42 Å². The molecule has 0 aromatic carbocycles. The predicted molar refractivity (Wildman–Crippen MR) is 69.7 cm³/mol. The van der Waals surface area contributed by atoms with Crippen molar-refractivity contribution in [1.29, 1.82) is 0 Å². The second-order valence-corrected chi connectivity index (χ2v) is 4.53. The third-order valence-electron chi connectivity index (χ3n) is 2.97. The highest BCUT2D eigenvalue weighted by atomic mass is 16.4. The van der Waals surface area contributed by atoms with Gasteiger partial charge in [-0.05, 0) is 19.4 Å². The van der Waals surface area contributed by atoms with E-state index in [9.17, 15) is 14.7 Å². The molecule has 106 valence electrons. The van der Waals surface area contributed by atoms with Crippen LogP contribution in [0.3, 0.4) is 0 Å². The summed E-state index contributed by atoms with van der Waals surface area (Å²) in [6.07, 6.45) is 4.27. The van der Waals surface area contributed by atoms with Crippen LogP contribution in [-0.2, 0) is 9.59 Å². The van der Waals surface area contributed by atoms with Gasteiger partial charge in [-0.3, -0.25) is 14.5 Å². The van der Waals surface area contributed by atoms with E-state index in [2.05, 4.69) is 0 Å². The molecule has 0 aliphatic rings. The van der Waals surface area contributed by atoms with Crippen LogP contribution in [0.15, 0.2) is 0 Å². The lowest BCUT2D eigenvalue weighted by Crippen LogP contribution is -2.42. The van der Waals surface area contributed by atoms with Crippen LogP contribution in [0.1, 0.15) is 52.4 Å². The van der Waals surface area contributed by atoms with E-state index in [1.807, 2.05) is 13.8 Å². The topological polar surface area (TPSA) is 77.8 Å². The molecule has 0 spiro atoms. The Labute approximate surface area is 109 Å². The number of carboxylic acid groups (broad SMARTS) is 2. The quantitative estimate of drug-likeness (QED) is 0.595. The van der Waals surface area contributed by atoms with E-state index in [0.717, 1.165) is 25.7 Å². The summed E-state index contributed by atoms with van der Waals surface area (Å²) >= 11 is 0. The zero-order valence-corrected chi connectivity index (χ0v) is 11.4. The van der Waals surface area contributed by atoms with Gasteiger partial charge < -0.3 is 10.2 Å². The highest BCUT2D eigenvalue weighted by Crippen LogP contribution is 2.11. The van der Waals surface area contributed by atoms with Crippen LogP contribution in [-0.4, -0.2) is 46.2 Å². The lowest BCUT2D eigenvalue weighted by Gasteiger charge is -2.28. The van der Waals surface area contributed by atoms with E-state index in [-0.39, 0.29) is 6.42 Å². The Balaban J connectivity index is 4.51. The number of rotatable bonds is 11. The molecule has 0 aliphatic carbocycles. The third-order valence-corrected chi connectivity index (χ3v) is 2.97. The summed E-state index contributed by atoms with van der Waals surface area (Å²) in [5.74, 6) is -1.72. The molecular weight excluding hydrogens is 234 g/mol. The van der Waals surface area contributed by atoms with Gasteiger partial charge in [0.15, 0.2) is 0 Å². The van der Waals surface area contributed by atoms with E-state index >= 15 is 0 Å². The second-order valence-electron chi connectivity index (χ2n) is 4.53. The minimum atomic E-state index is -0.879. The molecule has 0 aromatic rings. The van der Waals surface area contributed by atoms with Crippen LogP contribution in [0.5, 0.6) is 0 Å². The van der Waals surface area contributed by atoms with E-state index in [4.69, 9.17) is 5.11 Å². The minimum Gasteiger partial charge on any atom is -0.481 e. The zero-order valence-electron chi connectivity index (χ0n) is 11.4. The first-order chi connectivity index (χ1) is 8.52. The molecule has 1 unspecified atom stereocenters. The maximum atomic E-state index is 11.3. The summed E-state index contributed by atoms with van der Waals surface area (Å²) in [6.45, 7) is 5.03. The summed E-state index contributed by atoms with van der Waals surface area (Å²) in [7, 11) is 0. The predicted octanol–water partition coefficient (Wildman–Crippen LogP) is 2.21. The van der Waals surface area contributed by atoms with Crippen LogP contribution in [0.2, 0.25) is 0 Å². The van der Waals surface area contributed by atoms with E-state index in [0.29, 0.717) is 19.5 Å². The average Bonchev–Trinajstić information content (AvgIpc) is 2.31. The van der Waals surface area contributed by atoms with Gasteiger partial charge in [0.2, 0.25) is 0 Å². The number of hydrogen-bond donors (Lipinski definition) is 2. The Morgan fingerprint density at radius 1 is 1.06 bits per heavy atom. The first kappa shape index (κ1) is 16.9. The summed E-state index contributed by atoms with van der Waals surface area (Å²) < 4.78 is 0. The van der Waals surface area contributed by atoms with Gasteiger partial charge in [-0.2, -0.15) is 0 Å². The molecule has 5 heteroatoms. The summed E-state index contributed by atoms with van der Waals surface area (Å²) in [5.41, 5.74) is 0. The fourth-order valence-electron chi connectivity index (χ4n) is 1.88. The first-order valence-corrected chi connectivity index (χ1v) is 6.71. The Morgan fingerprint density at radius 3 is 2.11 bits per heavy atom. The number of carboxylic acids is 2. The van der Waals surface area contributed by atoms with E-state index in [1.54, 1.807) is 4.90 Å². The van der Waals surface area contributed by atoms with Crippen LogP contribution < -0.4 is 0 Å². The molecule has 0 aliphatic heterocycles. The van der Waals surface area contributed by atoms with Crippen molar-refractivity contribution in [3.63, 3.8) is 0 Å². The molecule has 18 heavy (non-hydrogen) atoms. The number of aliphatic carboxylic acids is 2. The van der Waals surface area contributed by atoms with Crippen molar-refractivity contribution < 1.29 is 19.8 Å². The van der Waals surface area contributed by atoms with Crippen molar-refractivity contribution in [2.75, 3.05) is 13.1 Å². The number of nitrogens with zero attached hydrogens (tertiary/aromatic N) is 1. The lowest BCUT2D eigenvalue weighted by atomic mass is 10.1. The third kappa shape index (κ3) is 7.27. The molecule has 0 rings (SSSR count). The van der Waals surface area contributed by atoms with Gasteiger partial charge in [-0.15, -0.1) is 0 Å². The number of carbonyl (C=O) groups is 2. The number of unbranched alkanes of at least 4 members (excludes halogenated alkanes) is 2. The molecule has 0 fully saturated rings. The van der Waals surface area contributed by atoms with Gasteiger partial charge in [-0.1, -0.05) is 33.1 Å². The second kappa shape index (κ2) is 9.88. The molecule has 0 heterocycles. The van der Waals surface area contributed by atoms with Crippen LogP contribution in [0.4, 0.5) is 0 Å². The Bertz CT molecular complexity index is 255. The van der Waals surface area contributed by atoms with Crippen molar-refractivity contribution in [1.82, 2.24) is 4.90 Å². The Morgan fingerprint density at radius 2 is 1.67 bits per heavy atom. The molecule has 0 radical (unpaired) electrons. The Hall–Kier alpha value is -1.10. The monoisotopic (exact) mass is 259 g/mol. The van der Waals surface area contributed by atoms with Crippen molar-refractivity contribution >= 4 is 11.9 Å². The molecule has 0 bridgehead atoms. The first-order valence-electron chi connectivity index (χ1n) is 6.71. The van der Waals surface area contributed by atoms with Gasteiger partial charge in [-0.25, -0.2) is 0 Å². The van der Waals surface area contributed by atoms with Crippen molar-refractivity contribution in [3.05, 3.63) is 0 Å². The maximum absolute atomic E-state index is 11.3. The van der Waals surface area contributed by atoms with Gasteiger partial charge in [0.25, 0.3) is 0 Å². The van der Waals surface area contributed by atoms with Crippen molar-refractivity contribution in [3.8, 4) is 0 Å². The zero-order chi connectivity index (χ0) is 14.0. The van der Waals surface area contributed by atoms with Gasteiger partial charge >= 0.3 is 11.9 Å². The molecule has 0 saturated carbocycles. The molecule has 0 aromatic heterocycles. The standard InChI is InChI=1S/C13H25NO4/c1-3-5-7-11(13(17)18)14(9-6-4-2)10-8-12(15)16/h11H,3-10H2,1-2H3,(H,15,16)(H,17,18). The largest absolute Gasteiger partial charge is 0.481 e. The van der Waals surface area contributed by atoms with E-state index < -0.39 is 18.0 Å². The minimum absolute atomic E-state index is 0.000378. The fraction of sp³-hybridized carbons (Fsp3) is 0.846. The molecule has 5 nitrogen and oxygen atoms in total. The maximum Gasteiger partial charge on any atom is 0.320 e. The molecule has 1 atom stereocenters. The molecular formula is C13H25NO4. The smallest absolute Gasteiger partial charge is 0.320 e. The fourth-order valence-corrected chi connectivity index (χ4v) is 1.88. The summed E-state index contributed by atoms with van der Waals surface area (Å²) in [5, 5.41) is 18.0. The van der Waals surface area contributed by atoms with E-state index in [1.165, 1.54) is 0 Å². The normalized spacial score (nSPS) is 12.6. The molecule has 2 N–H and O–H groups in total. The number of hydrogen-bond acceptors (Lipinski definition) is 3. The summed E-state index contributed by atoms with van der Waals surface area (Å²) in [4.78, 5) is 23.7. The van der Waals surface area contributed by atoms with Crippen LogP contribution >= 0.6 is 0 Å². The average molecular weight is 259 g/mol. The highest BCUT2D eigenvalue weighted by Gasteiger charge is 2.24. The lowest BCUT2D eigenvalue weighted by molar-refractivity contribution is -0.145. The van der Waals surface area contributed by atoms with Gasteiger partial charge in [0, 0.05) is 6.54 Å². The van der Waals surface area contributed by atoms with Crippen molar-refractivity contribution in [2.24, 2.45) is 0 Å². The van der Waals surface area contributed by atoms with Crippen LogP contribution in [0, 0.1) is 0 Å². The SMILES string of the molecule is CCCCC(C(=O)O)N(CCCC)CCC(=O)O. The van der Waals surface area contributed by atoms with Gasteiger partial charge in [0.1, 0.15) is 6.04 Å². The Kier molecular flexibility index (Phi) is 9.28. The van der Waals surface area contributed by atoms with Crippen molar-refractivity contribution in [2.45, 2.75) is 58.4 Å². The van der Waals surface area contributed by atoms with Crippen LogP contribution in [0.25, 0.3) is 0 Å².